The first-order valence-electron chi connectivity index (χ1n) is 9.88. The van der Waals surface area contributed by atoms with Gasteiger partial charge in [-0.05, 0) is 35.7 Å². The first-order valence-corrected chi connectivity index (χ1v) is 9.88. The molecule has 1 aliphatic rings. The average molecular weight is 396 g/mol. The number of amides is 2. The zero-order valence-electron chi connectivity index (χ0n) is 17.3. The molecule has 1 atom stereocenters. The maximum Gasteiger partial charge on any atom is 0.249 e. The van der Waals surface area contributed by atoms with E-state index in [-0.39, 0.29) is 18.4 Å². The van der Waals surface area contributed by atoms with Crippen molar-refractivity contribution in [1.29, 1.82) is 0 Å². The van der Waals surface area contributed by atoms with Crippen LogP contribution in [-0.4, -0.2) is 68.1 Å². The van der Waals surface area contributed by atoms with Crippen molar-refractivity contribution in [2.24, 2.45) is 0 Å². The minimum Gasteiger partial charge on any atom is -0.497 e. The molecule has 1 aliphatic heterocycles. The van der Waals surface area contributed by atoms with Crippen molar-refractivity contribution in [2.75, 3.05) is 40.5 Å². The lowest BCUT2D eigenvalue weighted by molar-refractivity contribution is -0.153. The summed E-state index contributed by atoms with van der Waals surface area (Å²) in [4.78, 5) is 29.0. The number of ether oxygens (including phenoxy) is 2. The van der Waals surface area contributed by atoms with E-state index in [1.807, 2.05) is 54.3 Å². The SMILES string of the molecule is CCN1CCN(C(=O)COC)C(Cc2cccc(-c3ccc(OC)cc3)c2)C1=O. The van der Waals surface area contributed by atoms with Crippen LogP contribution in [0.1, 0.15) is 12.5 Å². The van der Waals surface area contributed by atoms with Gasteiger partial charge in [-0.2, -0.15) is 0 Å². The molecule has 3 rings (SSSR count). The topological polar surface area (TPSA) is 59.1 Å². The summed E-state index contributed by atoms with van der Waals surface area (Å²) in [6, 6.07) is 15.5. The van der Waals surface area contributed by atoms with E-state index in [0.717, 1.165) is 22.4 Å². The Morgan fingerprint density at radius 2 is 1.83 bits per heavy atom. The molecular weight excluding hydrogens is 368 g/mol. The number of hydrogen-bond acceptors (Lipinski definition) is 4. The molecule has 29 heavy (non-hydrogen) atoms. The van der Waals surface area contributed by atoms with Crippen LogP contribution in [-0.2, 0) is 20.7 Å². The third kappa shape index (κ3) is 4.77. The number of likely N-dealkylation sites (N-methyl/N-ethyl adjacent to an activating group) is 1. The van der Waals surface area contributed by atoms with E-state index in [2.05, 4.69) is 6.07 Å². The summed E-state index contributed by atoms with van der Waals surface area (Å²) in [7, 11) is 3.14. The Morgan fingerprint density at radius 1 is 1.07 bits per heavy atom. The van der Waals surface area contributed by atoms with E-state index in [0.29, 0.717) is 26.1 Å². The maximum atomic E-state index is 13.0. The first-order chi connectivity index (χ1) is 14.1. The molecule has 1 fully saturated rings. The van der Waals surface area contributed by atoms with Crippen LogP contribution in [0.3, 0.4) is 0 Å². The Labute approximate surface area is 172 Å². The number of carbonyl (C=O) groups excluding carboxylic acids is 2. The van der Waals surface area contributed by atoms with Gasteiger partial charge in [-0.15, -0.1) is 0 Å². The van der Waals surface area contributed by atoms with Crippen LogP contribution in [0.2, 0.25) is 0 Å². The summed E-state index contributed by atoms with van der Waals surface area (Å²) >= 11 is 0. The minimum absolute atomic E-state index is 0.00180. The summed E-state index contributed by atoms with van der Waals surface area (Å²) in [5, 5.41) is 0. The number of rotatable bonds is 7. The number of piperazine rings is 1. The van der Waals surface area contributed by atoms with Crippen molar-refractivity contribution in [3.63, 3.8) is 0 Å². The number of methoxy groups -OCH3 is 2. The van der Waals surface area contributed by atoms with Gasteiger partial charge < -0.3 is 19.3 Å². The van der Waals surface area contributed by atoms with Gasteiger partial charge in [0.15, 0.2) is 0 Å². The molecular formula is C23H28N2O4. The van der Waals surface area contributed by atoms with Gasteiger partial charge in [-0.3, -0.25) is 9.59 Å². The normalized spacial score (nSPS) is 16.8. The van der Waals surface area contributed by atoms with Crippen LogP contribution in [0, 0.1) is 0 Å². The Morgan fingerprint density at radius 3 is 2.48 bits per heavy atom. The Bertz CT molecular complexity index is 850. The minimum atomic E-state index is -0.502. The Kier molecular flexibility index (Phi) is 6.88. The quantitative estimate of drug-likeness (QED) is 0.722. The predicted molar refractivity (Wildman–Crippen MR) is 112 cm³/mol. The van der Waals surface area contributed by atoms with Crippen LogP contribution >= 0.6 is 0 Å². The molecule has 6 nitrogen and oxygen atoms in total. The van der Waals surface area contributed by atoms with E-state index in [1.165, 1.54) is 7.11 Å². The number of carbonyl (C=O) groups is 2. The largest absolute Gasteiger partial charge is 0.497 e. The van der Waals surface area contributed by atoms with Crippen LogP contribution in [0.4, 0.5) is 0 Å². The Balaban J connectivity index is 1.84. The molecule has 1 heterocycles. The zero-order chi connectivity index (χ0) is 20.8. The zero-order valence-corrected chi connectivity index (χ0v) is 17.3. The van der Waals surface area contributed by atoms with Gasteiger partial charge in [-0.1, -0.05) is 36.4 Å². The third-order valence-electron chi connectivity index (χ3n) is 5.33. The standard InChI is InChI=1S/C23H28N2O4/c1-4-24-12-13-25(22(26)16-28-2)21(23(24)27)15-17-6-5-7-19(14-17)18-8-10-20(29-3)11-9-18/h5-11,14,21H,4,12-13,15-16H2,1-3H3. The van der Waals surface area contributed by atoms with Gasteiger partial charge >= 0.3 is 0 Å². The van der Waals surface area contributed by atoms with E-state index >= 15 is 0 Å². The Hall–Kier alpha value is -2.86. The highest BCUT2D eigenvalue weighted by atomic mass is 16.5. The average Bonchev–Trinajstić information content (AvgIpc) is 2.75. The first kappa shape index (κ1) is 20.9. The van der Waals surface area contributed by atoms with Crippen LogP contribution in [0.25, 0.3) is 11.1 Å². The molecule has 0 bridgehead atoms. The predicted octanol–water partition coefficient (Wildman–Crippen LogP) is 2.61. The molecule has 2 amide bonds. The van der Waals surface area contributed by atoms with E-state index in [1.54, 1.807) is 12.0 Å². The maximum absolute atomic E-state index is 13.0. The molecule has 0 aromatic heterocycles. The van der Waals surface area contributed by atoms with E-state index in [4.69, 9.17) is 9.47 Å². The molecule has 6 heteroatoms. The molecule has 0 spiro atoms. The second kappa shape index (κ2) is 9.56. The van der Waals surface area contributed by atoms with Crippen molar-refractivity contribution >= 4 is 11.8 Å². The molecule has 0 N–H and O–H groups in total. The summed E-state index contributed by atoms with van der Waals surface area (Å²) < 4.78 is 10.2. The number of hydrogen-bond donors (Lipinski definition) is 0. The van der Waals surface area contributed by atoms with Gasteiger partial charge in [0.25, 0.3) is 0 Å². The number of benzene rings is 2. The molecule has 0 radical (unpaired) electrons. The monoisotopic (exact) mass is 396 g/mol. The third-order valence-corrected chi connectivity index (χ3v) is 5.33. The summed E-state index contributed by atoms with van der Waals surface area (Å²) in [5.74, 6) is 0.663. The fourth-order valence-corrected chi connectivity index (χ4v) is 3.74. The van der Waals surface area contributed by atoms with Crippen molar-refractivity contribution in [3.05, 3.63) is 54.1 Å². The van der Waals surface area contributed by atoms with Gasteiger partial charge in [-0.25, -0.2) is 0 Å². The summed E-state index contributed by atoms with van der Waals surface area (Å²) in [6.07, 6.45) is 0.481. The smallest absolute Gasteiger partial charge is 0.249 e. The lowest BCUT2D eigenvalue weighted by Crippen LogP contribution is -2.60. The van der Waals surface area contributed by atoms with Crippen LogP contribution in [0.15, 0.2) is 48.5 Å². The van der Waals surface area contributed by atoms with E-state index < -0.39 is 6.04 Å². The summed E-state index contributed by atoms with van der Waals surface area (Å²) in [5.41, 5.74) is 3.16. The molecule has 1 unspecified atom stereocenters. The summed E-state index contributed by atoms with van der Waals surface area (Å²) in [6.45, 7) is 3.69. The number of nitrogens with zero attached hydrogens (tertiary/aromatic N) is 2. The fourth-order valence-electron chi connectivity index (χ4n) is 3.74. The van der Waals surface area contributed by atoms with Crippen molar-refractivity contribution in [3.8, 4) is 16.9 Å². The van der Waals surface area contributed by atoms with Crippen molar-refractivity contribution in [2.45, 2.75) is 19.4 Å². The lowest BCUT2D eigenvalue weighted by atomic mass is 9.97. The van der Waals surface area contributed by atoms with Gasteiger partial charge in [0.1, 0.15) is 18.4 Å². The van der Waals surface area contributed by atoms with Crippen LogP contribution < -0.4 is 4.74 Å². The van der Waals surface area contributed by atoms with E-state index in [9.17, 15) is 9.59 Å². The van der Waals surface area contributed by atoms with Gasteiger partial charge in [0.2, 0.25) is 11.8 Å². The highest BCUT2D eigenvalue weighted by molar-refractivity contribution is 5.89. The second-order valence-corrected chi connectivity index (χ2v) is 7.09. The van der Waals surface area contributed by atoms with Gasteiger partial charge in [0, 0.05) is 33.2 Å². The highest BCUT2D eigenvalue weighted by Gasteiger charge is 2.36. The molecule has 2 aromatic carbocycles. The molecule has 0 aliphatic carbocycles. The van der Waals surface area contributed by atoms with Crippen molar-refractivity contribution < 1.29 is 19.1 Å². The molecule has 2 aromatic rings. The highest BCUT2D eigenvalue weighted by Crippen LogP contribution is 2.25. The van der Waals surface area contributed by atoms with Gasteiger partial charge in [0.05, 0.1) is 7.11 Å². The van der Waals surface area contributed by atoms with Crippen molar-refractivity contribution in [1.82, 2.24) is 9.80 Å². The molecule has 0 saturated carbocycles. The van der Waals surface area contributed by atoms with Crippen LogP contribution in [0.5, 0.6) is 5.75 Å². The fraction of sp³-hybridized carbons (Fsp3) is 0.391. The molecule has 154 valence electrons. The second-order valence-electron chi connectivity index (χ2n) is 7.09. The molecule has 1 saturated heterocycles. The lowest BCUT2D eigenvalue weighted by Gasteiger charge is -2.40.